The lowest BCUT2D eigenvalue weighted by molar-refractivity contribution is 0.608. The van der Waals surface area contributed by atoms with Gasteiger partial charge < -0.3 is 4.98 Å². The Balaban J connectivity index is 2.55. The molecule has 0 saturated heterocycles. The van der Waals surface area contributed by atoms with Gasteiger partial charge in [-0.3, -0.25) is 4.99 Å². The second-order valence-corrected chi connectivity index (χ2v) is 3.46. The number of alkyl halides is 1. The van der Waals surface area contributed by atoms with Crippen molar-refractivity contribution in [2.75, 3.05) is 0 Å². The second kappa shape index (κ2) is 2.94. The molecule has 2 atom stereocenters. The Bertz CT molecular complexity index is 379. The Labute approximate surface area is 76.0 Å². The Kier molecular flexibility index (Phi) is 1.93. The van der Waals surface area contributed by atoms with E-state index in [-0.39, 0.29) is 5.50 Å². The molecule has 0 amide bonds. The van der Waals surface area contributed by atoms with Crippen LogP contribution < -0.4 is 10.7 Å². The van der Waals surface area contributed by atoms with E-state index >= 15 is 0 Å². The number of aromatic nitrogens is 1. The quantitative estimate of drug-likeness (QED) is 0.496. The van der Waals surface area contributed by atoms with E-state index < -0.39 is 0 Å². The van der Waals surface area contributed by atoms with E-state index in [4.69, 9.17) is 11.6 Å². The molecule has 2 unspecified atom stereocenters. The van der Waals surface area contributed by atoms with Gasteiger partial charge >= 0.3 is 0 Å². The molecule has 3 heteroatoms. The average molecular weight is 183 g/mol. The molecule has 0 radical (unpaired) electrons. The molecule has 2 nitrogen and oxygen atoms in total. The van der Waals surface area contributed by atoms with Gasteiger partial charge in [0.25, 0.3) is 0 Å². The monoisotopic (exact) mass is 182 g/mol. The van der Waals surface area contributed by atoms with Crippen molar-refractivity contribution >= 4 is 17.7 Å². The molecule has 2 rings (SSSR count). The molecule has 0 fully saturated rings. The molecule has 1 aromatic rings. The molecule has 0 aliphatic carbocycles. The maximum absolute atomic E-state index is 6.06. The van der Waals surface area contributed by atoms with E-state index in [1.54, 1.807) is 0 Å². The first-order valence-electron chi connectivity index (χ1n) is 4.18. The Morgan fingerprint density at radius 3 is 3.25 bits per heavy atom. The van der Waals surface area contributed by atoms with Crippen LogP contribution in [0.15, 0.2) is 17.3 Å². The predicted octanol–water partition coefficient (Wildman–Crippen LogP) is 1.02. The number of H-pyrrole nitrogens is 1. The summed E-state index contributed by atoms with van der Waals surface area (Å²) in [6.45, 7) is 2.12. The fourth-order valence-electron chi connectivity index (χ4n) is 1.45. The molecule has 2 heterocycles. The maximum Gasteiger partial charge on any atom is 0.130 e. The number of fused-ring (bicyclic) bond motifs is 1. The van der Waals surface area contributed by atoms with Gasteiger partial charge in [0.15, 0.2) is 0 Å². The third-order valence-electron chi connectivity index (χ3n) is 2.22. The van der Waals surface area contributed by atoms with Crippen molar-refractivity contribution in [3.8, 4) is 0 Å². The zero-order valence-corrected chi connectivity index (χ0v) is 7.67. The van der Waals surface area contributed by atoms with Gasteiger partial charge in [-0.15, -0.1) is 0 Å². The fraction of sp³-hybridized carbons (Fsp3) is 0.444. The molecule has 1 aliphatic rings. The van der Waals surface area contributed by atoms with E-state index in [2.05, 4.69) is 23.0 Å². The lowest BCUT2D eigenvalue weighted by Gasteiger charge is -2.14. The summed E-state index contributed by atoms with van der Waals surface area (Å²) >= 11 is 6.06. The minimum absolute atomic E-state index is 0.0849. The van der Waals surface area contributed by atoms with Gasteiger partial charge in [0.05, 0.1) is 10.7 Å². The summed E-state index contributed by atoms with van der Waals surface area (Å²) in [6, 6.07) is 1.95. The van der Waals surface area contributed by atoms with E-state index in [0.717, 1.165) is 17.1 Å². The van der Waals surface area contributed by atoms with Gasteiger partial charge in [-0.25, -0.2) is 0 Å². The Hall–Kier alpha value is -0.760. The molecule has 0 saturated carbocycles. The van der Waals surface area contributed by atoms with Crippen molar-refractivity contribution in [1.29, 1.82) is 0 Å². The molecule has 0 aromatic carbocycles. The van der Waals surface area contributed by atoms with Gasteiger partial charge in [-0.1, -0.05) is 24.6 Å². The SMILES string of the molecule is CCC1C=c2[nH]ccc2=NC1Cl. The number of nitrogens with one attached hydrogen (secondary N) is 1. The van der Waals surface area contributed by atoms with Gasteiger partial charge in [0.1, 0.15) is 5.50 Å². The zero-order valence-electron chi connectivity index (χ0n) is 6.92. The van der Waals surface area contributed by atoms with Crippen LogP contribution in [-0.4, -0.2) is 10.5 Å². The zero-order chi connectivity index (χ0) is 8.55. The van der Waals surface area contributed by atoms with E-state index in [1.165, 1.54) is 0 Å². The summed E-state index contributed by atoms with van der Waals surface area (Å²) in [6.07, 6.45) is 5.10. The van der Waals surface area contributed by atoms with E-state index in [9.17, 15) is 0 Å². The first-order valence-corrected chi connectivity index (χ1v) is 4.62. The lowest BCUT2D eigenvalue weighted by atomic mass is 10.0. The van der Waals surface area contributed by atoms with Crippen molar-refractivity contribution in [3.63, 3.8) is 0 Å². The highest BCUT2D eigenvalue weighted by Gasteiger charge is 2.16. The van der Waals surface area contributed by atoms with E-state index in [1.807, 2.05) is 12.3 Å². The summed E-state index contributed by atoms with van der Waals surface area (Å²) in [5.41, 5.74) is -0.0849. The van der Waals surface area contributed by atoms with Crippen molar-refractivity contribution in [3.05, 3.63) is 23.0 Å². The number of halogens is 1. The van der Waals surface area contributed by atoms with Crippen molar-refractivity contribution in [2.24, 2.45) is 10.9 Å². The first-order chi connectivity index (χ1) is 5.81. The second-order valence-electron chi connectivity index (χ2n) is 3.02. The smallest absolute Gasteiger partial charge is 0.130 e. The third kappa shape index (κ3) is 1.16. The summed E-state index contributed by atoms with van der Waals surface area (Å²) in [7, 11) is 0. The van der Waals surface area contributed by atoms with Crippen LogP contribution >= 0.6 is 11.6 Å². The number of rotatable bonds is 1. The molecule has 1 N–H and O–H groups in total. The molecule has 12 heavy (non-hydrogen) atoms. The summed E-state index contributed by atoms with van der Waals surface area (Å²) in [5, 5.41) is 2.10. The summed E-state index contributed by atoms with van der Waals surface area (Å²) in [4.78, 5) is 7.50. The van der Waals surface area contributed by atoms with Crippen molar-refractivity contribution < 1.29 is 0 Å². The lowest BCUT2D eigenvalue weighted by Crippen LogP contribution is -2.32. The number of nitrogens with zero attached hydrogens (tertiary/aromatic N) is 1. The van der Waals surface area contributed by atoms with Crippen molar-refractivity contribution in [1.82, 2.24) is 4.98 Å². The van der Waals surface area contributed by atoms with Gasteiger partial charge in [0, 0.05) is 12.1 Å². The van der Waals surface area contributed by atoms with Crippen LogP contribution in [0.25, 0.3) is 6.08 Å². The Morgan fingerprint density at radius 1 is 1.67 bits per heavy atom. The third-order valence-corrected chi connectivity index (χ3v) is 2.65. The highest BCUT2D eigenvalue weighted by atomic mass is 35.5. The molecule has 0 bridgehead atoms. The summed E-state index contributed by atoms with van der Waals surface area (Å²) in [5.74, 6) is 0.373. The molecular weight excluding hydrogens is 172 g/mol. The molecule has 0 spiro atoms. The number of hydrogen-bond acceptors (Lipinski definition) is 1. The van der Waals surface area contributed by atoms with Gasteiger partial charge in [-0.05, 0) is 12.5 Å². The van der Waals surface area contributed by atoms with Crippen LogP contribution in [0.5, 0.6) is 0 Å². The first kappa shape index (κ1) is 7.87. The van der Waals surface area contributed by atoms with Crippen LogP contribution in [0.4, 0.5) is 0 Å². The largest absolute Gasteiger partial charge is 0.360 e. The van der Waals surface area contributed by atoms with Crippen molar-refractivity contribution in [2.45, 2.75) is 18.8 Å². The van der Waals surface area contributed by atoms with Crippen LogP contribution in [0.1, 0.15) is 13.3 Å². The van der Waals surface area contributed by atoms with Gasteiger partial charge in [0.2, 0.25) is 0 Å². The summed E-state index contributed by atoms with van der Waals surface area (Å²) < 4.78 is 0. The van der Waals surface area contributed by atoms with Crippen LogP contribution in [0, 0.1) is 5.92 Å². The number of aromatic amines is 1. The standard InChI is InChI=1S/C9H11ClN2/c1-2-6-5-8-7(3-4-11-8)12-9(6)10/h3-6,9,11H,2H2,1H3. The predicted molar refractivity (Wildman–Crippen MR) is 49.5 cm³/mol. The van der Waals surface area contributed by atoms with E-state index in [0.29, 0.717) is 5.92 Å². The average Bonchev–Trinajstić information content (AvgIpc) is 2.49. The minimum atomic E-state index is -0.0849. The van der Waals surface area contributed by atoms with Crippen LogP contribution in [0.3, 0.4) is 0 Å². The van der Waals surface area contributed by atoms with Crippen LogP contribution in [-0.2, 0) is 0 Å². The molecule has 1 aromatic heterocycles. The normalized spacial score (nSPS) is 27.2. The molecular formula is C9H11ClN2. The molecule has 1 aliphatic heterocycles. The topological polar surface area (TPSA) is 28.1 Å². The van der Waals surface area contributed by atoms with Gasteiger partial charge in [-0.2, -0.15) is 0 Å². The minimum Gasteiger partial charge on any atom is -0.360 e. The highest BCUT2D eigenvalue weighted by Crippen LogP contribution is 2.17. The highest BCUT2D eigenvalue weighted by molar-refractivity contribution is 6.21. The Morgan fingerprint density at radius 2 is 2.50 bits per heavy atom. The molecule has 64 valence electrons. The maximum atomic E-state index is 6.06. The van der Waals surface area contributed by atoms with Crippen LogP contribution in [0.2, 0.25) is 0 Å². The fourth-order valence-corrected chi connectivity index (χ4v) is 1.81. The number of hydrogen-bond donors (Lipinski definition) is 1.